The number of aliphatic hydroxyl groups is 1. The number of benzene rings is 3. The summed E-state index contributed by atoms with van der Waals surface area (Å²) in [6.07, 6.45) is 7.39. The topological polar surface area (TPSA) is 125 Å². The van der Waals surface area contributed by atoms with E-state index in [0.29, 0.717) is 67.7 Å². The summed E-state index contributed by atoms with van der Waals surface area (Å²) in [5.74, 6) is 3.03. The number of aliphatic hydroxyl groups excluding tert-OH is 1. The molecule has 0 saturated carbocycles. The number of nitrogens with zero attached hydrogens (tertiary/aromatic N) is 2. The van der Waals surface area contributed by atoms with Gasteiger partial charge in [0, 0.05) is 44.6 Å². The van der Waals surface area contributed by atoms with Gasteiger partial charge in [-0.05, 0) is 121 Å². The number of allylic oxidation sites excluding steroid dienone is 1. The number of rotatable bonds is 15. The second-order valence-electron chi connectivity index (χ2n) is 16.1. The van der Waals surface area contributed by atoms with Crippen LogP contribution in [0, 0.1) is 11.8 Å². The normalized spacial score (nSPS) is 23.8. The second-order valence-corrected chi connectivity index (χ2v) is 16.1. The van der Waals surface area contributed by atoms with Gasteiger partial charge in [0.05, 0.1) is 53.8 Å². The van der Waals surface area contributed by atoms with Gasteiger partial charge in [0.2, 0.25) is 6.29 Å². The first-order valence-electron chi connectivity index (χ1n) is 21.1. The Kier molecular flexibility index (Phi) is 13.7. The maximum Gasteiger partial charge on any atom is 0.337 e. The van der Waals surface area contributed by atoms with Gasteiger partial charge < -0.3 is 43.2 Å². The number of carbonyl (C=O) groups excluding carboxylic acids is 2. The molecule has 0 spiro atoms. The zero-order valence-electron chi connectivity index (χ0n) is 35.4. The fraction of sp³-hybridized carbons (Fsp3) is 0.532. The van der Waals surface area contributed by atoms with Crippen LogP contribution in [0.5, 0.6) is 23.0 Å². The van der Waals surface area contributed by atoms with E-state index in [1.165, 1.54) is 18.2 Å². The smallest absolute Gasteiger partial charge is 0.337 e. The van der Waals surface area contributed by atoms with Gasteiger partial charge >= 0.3 is 5.97 Å². The largest absolute Gasteiger partial charge is 0.493 e. The molecule has 59 heavy (non-hydrogen) atoms. The molecule has 6 atom stereocenters. The third-order valence-electron chi connectivity index (χ3n) is 13.0. The lowest BCUT2D eigenvalue weighted by Crippen LogP contribution is -2.48. The highest BCUT2D eigenvalue weighted by Crippen LogP contribution is 2.50. The molecule has 3 aromatic rings. The minimum Gasteiger partial charge on any atom is -0.493 e. The van der Waals surface area contributed by atoms with Crippen molar-refractivity contribution in [3.63, 3.8) is 0 Å². The summed E-state index contributed by atoms with van der Waals surface area (Å²) in [7, 11) is 8.05. The zero-order valence-corrected chi connectivity index (χ0v) is 35.4. The van der Waals surface area contributed by atoms with Gasteiger partial charge in [-0.25, -0.2) is 4.79 Å². The summed E-state index contributed by atoms with van der Waals surface area (Å²) >= 11 is 0. The third kappa shape index (κ3) is 8.90. The highest BCUT2D eigenvalue weighted by molar-refractivity contribution is 5.92. The molecule has 1 saturated heterocycles. The van der Waals surface area contributed by atoms with Crippen LogP contribution in [0.15, 0.2) is 60.4 Å². The molecule has 0 radical (unpaired) electrons. The van der Waals surface area contributed by atoms with Crippen molar-refractivity contribution in [2.75, 3.05) is 68.4 Å². The van der Waals surface area contributed by atoms with Gasteiger partial charge in [-0.2, -0.15) is 0 Å². The molecule has 4 aliphatic heterocycles. The number of carbonyl (C=O) groups is 2. The molecule has 318 valence electrons. The monoisotopic (exact) mass is 812 g/mol. The van der Waals surface area contributed by atoms with Crippen LogP contribution in [0.25, 0.3) is 0 Å². The van der Waals surface area contributed by atoms with E-state index in [9.17, 15) is 9.90 Å². The van der Waals surface area contributed by atoms with Crippen LogP contribution in [0.3, 0.4) is 0 Å². The molecule has 4 heterocycles. The number of methoxy groups -OCH3 is 5. The average molecular weight is 813 g/mol. The van der Waals surface area contributed by atoms with E-state index in [4.69, 9.17) is 33.2 Å². The molecule has 0 aromatic heterocycles. The maximum atomic E-state index is 15.1. The van der Waals surface area contributed by atoms with Crippen LogP contribution in [-0.4, -0.2) is 101 Å². The van der Waals surface area contributed by atoms with Crippen LogP contribution in [0.1, 0.15) is 102 Å². The summed E-state index contributed by atoms with van der Waals surface area (Å²) in [6, 6.07) is 15.7. The van der Waals surface area contributed by atoms with Crippen molar-refractivity contribution in [3.8, 4) is 23.0 Å². The van der Waals surface area contributed by atoms with Crippen molar-refractivity contribution < 1.29 is 47.9 Å². The Bertz CT molecular complexity index is 1980. The molecule has 1 fully saturated rings. The number of hydrogen-bond donors (Lipinski definition) is 1. The number of ether oxygens (including phenoxy) is 7. The number of esters is 1. The molecule has 4 aliphatic rings. The van der Waals surface area contributed by atoms with Gasteiger partial charge in [0.15, 0.2) is 28.8 Å². The van der Waals surface area contributed by atoms with Crippen LogP contribution in [-0.2, 0) is 31.8 Å². The Balaban J connectivity index is 1.24. The highest BCUT2D eigenvalue weighted by Gasteiger charge is 2.43. The highest BCUT2D eigenvalue weighted by atomic mass is 16.7. The van der Waals surface area contributed by atoms with Crippen molar-refractivity contribution in [3.05, 3.63) is 93.7 Å². The van der Waals surface area contributed by atoms with Crippen LogP contribution < -0.4 is 18.9 Å². The Morgan fingerprint density at radius 1 is 0.797 bits per heavy atom. The third-order valence-corrected chi connectivity index (χ3v) is 13.0. The number of unbranched alkanes of at least 4 members (excludes halogenated alkanes) is 1. The average Bonchev–Trinajstić information content (AvgIpc) is 3.28. The Morgan fingerprint density at radius 2 is 1.44 bits per heavy atom. The molecule has 0 aliphatic carbocycles. The molecule has 3 aromatic carbocycles. The second kappa shape index (κ2) is 19.1. The van der Waals surface area contributed by atoms with E-state index < -0.39 is 12.3 Å². The maximum absolute atomic E-state index is 15.1. The van der Waals surface area contributed by atoms with Gasteiger partial charge in [-0.3, -0.25) is 9.69 Å². The Hall–Kier alpha value is -4.78. The molecular weight excluding hydrogens is 753 g/mol. The molecule has 6 unspecified atom stereocenters. The predicted molar refractivity (Wildman–Crippen MR) is 222 cm³/mol. The van der Waals surface area contributed by atoms with Crippen molar-refractivity contribution in [1.29, 1.82) is 0 Å². The predicted octanol–water partition coefficient (Wildman–Crippen LogP) is 7.17. The summed E-state index contributed by atoms with van der Waals surface area (Å²) in [6.45, 7) is 5.24. The summed E-state index contributed by atoms with van der Waals surface area (Å²) in [5, 5.41) is 9.37. The van der Waals surface area contributed by atoms with Crippen molar-refractivity contribution in [2.24, 2.45) is 11.8 Å². The van der Waals surface area contributed by atoms with Crippen molar-refractivity contribution in [2.45, 2.75) is 82.6 Å². The van der Waals surface area contributed by atoms with Gasteiger partial charge in [-0.15, -0.1) is 0 Å². The fourth-order valence-electron chi connectivity index (χ4n) is 9.77. The summed E-state index contributed by atoms with van der Waals surface area (Å²) in [5.41, 5.74) is 6.21. The van der Waals surface area contributed by atoms with E-state index >= 15 is 4.79 Å². The van der Waals surface area contributed by atoms with Crippen molar-refractivity contribution >= 4 is 11.9 Å². The lowest BCUT2D eigenvalue weighted by molar-refractivity contribution is -0.155. The van der Waals surface area contributed by atoms with E-state index in [2.05, 4.69) is 36.1 Å². The Morgan fingerprint density at radius 3 is 2.08 bits per heavy atom. The SMILES string of the molecule is CCC1CN2CCc3cc(OC)c(OC)cc3C2CC1CC1c2cc(OC)c(OC)cc2CCN1C(=O)C1=CC(c2ccc(C(=O)OC)cc2)CC(OCCCCO)O1. The van der Waals surface area contributed by atoms with Gasteiger partial charge in [0.1, 0.15) is 0 Å². The summed E-state index contributed by atoms with van der Waals surface area (Å²) in [4.78, 5) is 32.0. The van der Waals surface area contributed by atoms with E-state index in [1.54, 1.807) is 40.6 Å². The first-order valence-corrected chi connectivity index (χ1v) is 21.1. The first kappa shape index (κ1) is 42.3. The van der Waals surface area contributed by atoms with Crippen LogP contribution in [0.2, 0.25) is 0 Å². The van der Waals surface area contributed by atoms with Gasteiger partial charge in [-0.1, -0.05) is 25.5 Å². The Labute approximate surface area is 348 Å². The lowest BCUT2D eigenvalue weighted by Gasteiger charge is -2.49. The minimum absolute atomic E-state index is 0.0796. The molecule has 1 N–H and O–H groups in total. The number of fused-ring (bicyclic) bond motifs is 4. The standard InChI is InChI=1S/C47H60N2O10/c1-7-29-28-48-16-14-32-22-40(53-2)42(55-4)26-36(32)38(48)20-34(29)21-39-37-27-43(56-5)41(54-3)23-33(37)15-17-49(39)46(51)44-24-35(25-45(59-44)58-19-9-8-18-50)30-10-12-31(13-11-30)47(52)57-6/h10-13,22-24,26-27,29,34-35,38-39,45,50H,7-9,14-21,25,28H2,1-6H3. The molecule has 7 rings (SSSR count). The fourth-order valence-corrected chi connectivity index (χ4v) is 9.77. The number of amides is 1. The van der Waals surface area contributed by atoms with Gasteiger partial charge in [0.25, 0.3) is 5.91 Å². The quantitative estimate of drug-likeness (QED) is 0.124. The molecule has 12 heteroatoms. The number of hydrogen-bond acceptors (Lipinski definition) is 11. The molecular formula is C47H60N2O10. The zero-order chi connectivity index (χ0) is 41.6. The number of piperidine rings is 1. The molecule has 1 amide bonds. The van der Waals surface area contributed by atoms with E-state index in [1.807, 2.05) is 23.1 Å². The van der Waals surface area contributed by atoms with E-state index in [0.717, 1.165) is 67.0 Å². The summed E-state index contributed by atoms with van der Waals surface area (Å²) < 4.78 is 40.7. The van der Waals surface area contributed by atoms with Crippen LogP contribution >= 0.6 is 0 Å². The first-order chi connectivity index (χ1) is 28.7. The van der Waals surface area contributed by atoms with E-state index in [-0.39, 0.29) is 36.3 Å². The molecule has 12 nitrogen and oxygen atoms in total. The lowest BCUT2D eigenvalue weighted by atomic mass is 9.72. The van der Waals surface area contributed by atoms with Crippen LogP contribution in [0.4, 0.5) is 0 Å². The molecule has 0 bridgehead atoms. The minimum atomic E-state index is -0.668. The van der Waals surface area contributed by atoms with Crippen molar-refractivity contribution in [1.82, 2.24) is 9.80 Å².